The molecule has 0 spiro atoms. The van der Waals surface area contributed by atoms with Gasteiger partial charge in [-0.05, 0) is 19.5 Å². The zero-order valence-electron chi connectivity index (χ0n) is 12.2. The van der Waals surface area contributed by atoms with Crippen molar-refractivity contribution < 1.29 is 9.53 Å². The molecule has 4 heteroatoms. The third-order valence-electron chi connectivity index (χ3n) is 3.05. The van der Waals surface area contributed by atoms with Crippen LogP contribution >= 0.6 is 12.4 Å². The maximum Gasteiger partial charge on any atom is 0.305 e. The van der Waals surface area contributed by atoms with Gasteiger partial charge in [0, 0.05) is 13.0 Å². The number of nitrogens with zero attached hydrogens (tertiary/aromatic N) is 1. The molecule has 0 aromatic carbocycles. The minimum atomic E-state index is -0.0337. The molecular weight excluding hydrogens is 250 g/mol. The van der Waals surface area contributed by atoms with Gasteiger partial charge in [-0.25, -0.2) is 0 Å². The highest BCUT2D eigenvalue weighted by atomic mass is 35.5. The minimum Gasteiger partial charge on any atom is -0.464 e. The lowest BCUT2D eigenvalue weighted by molar-refractivity contribution is -0.144. The molecule has 0 aliphatic heterocycles. The zero-order valence-corrected chi connectivity index (χ0v) is 13.1. The molecule has 110 valence electrons. The number of hydrogen-bond donors (Lipinski definition) is 0. The van der Waals surface area contributed by atoms with Crippen LogP contribution in [0.15, 0.2) is 0 Å². The highest BCUT2D eigenvalue weighted by Gasteiger charge is 2.04. The smallest absolute Gasteiger partial charge is 0.305 e. The fraction of sp³-hybridized carbons (Fsp3) is 0.929. The molecule has 0 bridgehead atoms. The molecule has 3 nitrogen and oxygen atoms in total. The number of rotatable bonds is 11. The second-order valence-corrected chi connectivity index (χ2v) is 4.41. The van der Waals surface area contributed by atoms with Crippen LogP contribution in [0, 0.1) is 0 Å². The first-order valence-corrected chi connectivity index (χ1v) is 7.12. The largest absolute Gasteiger partial charge is 0.464 e. The first-order valence-electron chi connectivity index (χ1n) is 7.12. The number of likely N-dealkylation sites (N-methyl/N-ethyl adjacent to an activating group) is 1. The fourth-order valence-corrected chi connectivity index (χ4v) is 1.77. The van der Waals surface area contributed by atoms with E-state index in [2.05, 4.69) is 25.7 Å². The molecule has 0 N–H and O–H groups in total. The third kappa shape index (κ3) is 12.2. The Kier molecular flexibility index (Phi) is 16.5. The molecule has 0 saturated carbocycles. The summed E-state index contributed by atoms with van der Waals surface area (Å²) in [5.74, 6) is -0.0337. The summed E-state index contributed by atoms with van der Waals surface area (Å²) in [5, 5.41) is 0. The molecule has 0 amide bonds. The lowest BCUT2D eigenvalue weighted by atomic mass is 10.1. The van der Waals surface area contributed by atoms with Crippen LogP contribution < -0.4 is 0 Å². The quantitative estimate of drug-likeness (QED) is 0.427. The maximum atomic E-state index is 11.4. The van der Waals surface area contributed by atoms with E-state index in [0.29, 0.717) is 13.0 Å². The second kappa shape index (κ2) is 14.8. The van der Waals surface area contributed by atoms with Crippen molar-refractivity contribution in [1.82, 2.24) is 4.90 Å². The minimum absolute atomic E-state index is 0. The zero-order chi connectivity index (χ0) is 12.9. The Morgan fingerprint density at radius 2 is 1.61 bits per heavy atom. The Balaban J connectivity index is 0. The lowest BCUT2D eigenvalue weighted by Gasteiger charge is -2.17. The molecule has 0 fully saturated rings. The summed E-state index contributed by atoms with van der Waals surface area (Å²) in [6.45, 7) is 9.87. The monoisotopic (exact) mass is 279 g/mol. The van der Waals surface area contributed by atoms with Crippen molar-refractivity contribution in [3.8, 4) is 0 Å². The van der Waals surface area contributed by atoms with Crippen molar-refractivity contribution in [2.45, 2.75) is 59.3 Å². The van der Waals surface area contributed by atoms with Gasteiger partial charge < -0.3 is 9.64 Å². The van der Waals surface area contributed by atoms with Crippen LogP contribution in [0.25, 0.3) is 0 Å². The number of unbranched alkanes of at least 4 members (excludes halogenated alkanes) is 4. The van der Waals surface area contributed by atoms with Crippen molar-refractivity contribution in [3.63, 3.8) is 0 Å². The fourth-order valence-electron chi connectivity index (χ4n) is 1.77. The van der Waals surface area contributed by atoms with E-state index in [9.17, 15) is 4.79 Å². The highest BCUT2D eigenvalue weighted by molar-refractivity contribution is 5.85. The van der Waals surface area contributed by atoms with E-state index in [1.807, 2.05) is 0 Å². The van der Waals surface area contributed by atoms with Crippen LogP contribution in [0.3, 0.4) is 0 Å². The van der Waals surface area contributed by atoms with E-state index in [1.165, 1.54) is 19.3 Å². The summed E-state index contributed by atoms with van der Waals surface area (Å²) in [5.41, 5.74) is 0. The van der Waals surface area contributed by atoms with Crippen molar-refractivity contribution in [2.24, 2.45) is 0 Å². The molecule has 0 atom stereocenters. The van der Waals surface area contributed by atoms with Gasteiger partial charge in [-0.1, -0.05) is 46.5 Å². The van der Waals surface area contributed by atoms with E-state index in [4.69, 9.17) is 4.74 Å². The van der Waals surface area contributed by atoms with Gasteiger partial charge in [-0.2, -0.15) is 0 Å². The van der Waals surface area contributed by atoms with E-state index in [-0.39, 0.29) is 18.4 Å². The molecule has 0 saturated heterocycles. The summed E-state index contributed by atoms with van der Waals surface area (Å²) >= 11 is 0. The lowest BCUT2D eigenvalue weighted by Crippen LogP contribution is -2.27. The number of carbonyl (C=O) groups is 1. The average molecular weight is 280 g/mol. The van der Waals surface area contributed by atoms with Crippen LogP contribution in [0.2, 0.25) is 0 Å². The number of esters is 1. The maximum absolute atomic E-state index is 11.4. The SMILES string of the molecule is CCCCCCCC(=O)OCCN(CC)CC.Cl. The number of hydrogen-bond acceptors (Lipinski definition) is 3. The van der Waals surface area contributed by atoms with Gasteiger partial charge in [0.25, 0.3) is 0 Å². The molecule has 0 aromatic rings. The van der Waals surface area contributed by atoms with Gasteiger partial charge in [0.15, 0.2) is 0 Å². The normalized spacial score (nSPS) is 10.2. The molecule has 18 heavy (non-hydrogen) atoms. The molecule has 0 unspecified atom stereocenters. The standard InChI is InChI=1S/C14H29NO2.ClH/c1-4-7-8-9-10-11-14(16)17-13-12-15(5-2)6-3;/h4-13H2,1-3H3;1H. The molecule has 0 aromatic heterocycles. The first kappa shape index (κ1) is 20.0. The Bertz CT molecular complexity index is 185. The molecule has 0 aliphatic carbocycles. The van der Waals surface area contributed by atoms with Crippen molar-refractivity contribution in [1.29, 1.82) is 0 Å². The van der Waals surface area contributed by atoms with E-state index < -0.39 is 0 Å². The summed E-state index contributed by atoms with van der Waals surface area (Å²) in [4.78, 5) is 13.7. The van der Waals surface area contributed by atoms with Crippen LogP contribution in [-0.2, 0) is 9.53 Å². The van der Waals surface area contributed by atoms with E-state index in [1.54, 1.807) is 0 Å². The predicted octanol–water partition coefficient (Wildman–Crippen LogP) is 3.65. The second-order valence-electron chi connectivity index (χ2n) is 4.41. The Hall–Kier alpha value is -0.280. The van der Waals surface area contributed by atoms with Crippen molar-refractivity contribution in [3.05, 3.63) is 0 Å². The predicted molar refractivity (Wildman–Crippen MR) is 79.4 cm³/mol. The molecule has 0 heterocycles. The van der Waals surface area contributed by atoms with Gasteiger partial charge in [-0.15, -0.1) is 12.4 Å². The molecule has 0 radical (unpaired) electrons. The molecular formula is C14H30ClNO2. The molecule has 0 rings (SSSR count). The first-order chi connectivity index (χ1) is 8.24. The molecule has 0 aliphatic rings. The number of halogens is 1. The Morgan fingerprint density at radius 3 is 2.17 bits per heavy atom. The van der Waals surface area contributed by atoms with Crippen LogP contribution in [-0.4, -0.2) is 37.1 Å². The van der Waals surface area contributed by atoms with Gasteiger partial charge >= 0.3 is 5.97 Å². The average Bonchev–Trinajstić information content (AvgIpc) is 2.34. The Labute approximate surface area is 119 Å². The third-order valence-corrected chi connectivity index (χ3v) is 3.05. The Morgan fingerprint density at radius 1 is 1.00 bits per heavy atom. The van der Waals surface area contributed by atoms with Gasteiger partial charge in [0.2, 0.25) is 0 Å². The van der Waals surface area contributed by atoms with Crippen LogP contribution in [0.5, 0.6) is 0 Å². The summed E-state index contributed by atoms with van der Waals surface area (Å²) in [6, 6.07) is 0. The summed E-state index contributed by atoms with van der Waals surface area (Å²) in [6.07, 6.45) is 6.47. The van der Waals surface area contributed by atoms with E-state index in [0.717, 1.165) is 32.5 Å². The van der Waals surface area contributed by atoms with Gasteiger partial charge in [0.05, 0.1) is 0 Å². The van der Waals surface area contributed by atoms with Gasteiger partial charge in [0.1, 0.15) is 6.61 Å². The van der Waals surface area contributed by atoms with E-state index >= 15 is 0 Å². The summed E-state index contributed by atoms with van der Waals surface area (Å²) in [7, 11) is 0. The van der Waals surface area contributed by atoms with Crippen LogP contribution in [0.1, 0.15) is 59.3 Å². The van der Waals surface area contributed by atoms with Gasteiger partial charge in [-0.3, -0.25) is 4.79 Å². The van der Waals surface area contributed by atoms with Crippen LogP contribution in [0.4, 0.5) is 0 Å². The topological polar surface area (TPSA) is 29.5 Å². The van der Waals surface area contributed by atoms with Crippen molar-refractivity contribution in [2.75, 3.05) is 26.2 Å². The van der Waals surface area contributed by atoms with Crippen molar-refractivity contribution >= 4 is 18.4 Å². The number of ether oxygens (including phenoxy) is 1. The number of carbonyl (C=O) groups excluding carboxylic acids is 1. The summed E-state index contributed by atoms with van der Waals surface area (Å²) < 4.78 is 5.20. The highest BCUT2D eigenvalue weighted by Crippen LogP contribution is 2.05.